The van der Waals surface area contributed by atoms with Gasteiger partial charge in [0, 0.05) is 0 Å². The van der Waals surface area contributed by atoms with E-state index in [9.17, 15) is 9.18 Å². The van der Waals surface area contributed by atoms with E-state index in [0.29, 0.717) is 10.6 Å². The molecular formula is C13H10ClFN2O. The monoisotopic (exact) mass is 264 g/mol. The second kappa shape index (κ2) is 5.14. The predicted molar refractivity (Wildman–Crippen MR) is 68.3 cm³/mol. The van der Waals surface area contributed by atoms with Gasteiger partial charge in [-0.1, -0.05) is 23.7 Å². The first-order chi connectivity index (χ1) is 8.56. The maximum absolute atomic E-state index is 12.9. The van der Waals surface area contributed by atoms with Crippen LogP contribution in [-0.2, 0) is 0 Å². The molecule has 0 saturated carbocycles. The molecule has 1 aromatic heterocycles. The molecule has 0 spiro atoms. The maximum atomic E-state index is 12.9. The van der Waals surface area contributed by atoms with Crippen LogP contribution in [0.25, 0.3) is 0 Å². The van der Waals surface area contributed by atoms with Crippen LogP contribution in [0.5, 0.6) is 0 Å². The van der Waals surface area contributed by atoms with Crippen molar-refractivity contribution in [2.75, 3.05) is 5.32 Å². The maximum Gasteiger partial charge on any atom is 0.258 e. The molecule has 1 N–H and O–H groups in total. The molecule has 0 bridgehead atoms. The molecule has 0 aliphatic carbocycles. The summed E-state index contributed by atoms with van der Waals surface area (Å²) in [5.74, 6) is -0.919. The standard InChI is InChI=1S/C13H10ClFN2O/c1-8-5-6-9(10(14)7-8)13(18)17-12-4-2-3-11(15)16-12/h2-7H,1H3,(H,16,17,18). The van der Waals surface area contributed by atoms with Gasteiger partial charge < -0.3 is 5.32 Å². The fourth-order valence-electron chi connectivity index (χ4n) is 1.47. The molecule has 18 heavy (non-hydrogen) atoms. The van der Waals surface area contributed by atoms with E-state index in [4.69, 9.17) is 11.6 Å². The van der Waals surface area contributed by atoms with Crippen LogP contribution in [0.2, 0.25) is 5.02 Å². The van der Waals surface area contributed by atoms with Gasteiger partial charge in [0.15, 0.2) is 0 Å². The van der Waals surface area contributed by atoms with Gasteiger partial charge in [-0.2, -0.15) is 4.39 Å². The third-order valence-electron chi connectivity index (χ3n) is 2.33. The molecule has 5 heteroatoms. The fourth-order valence-corrected chi connectivity index (χ4v) is 1.79. The van der Waals surface area contributed by atoms with E-state index in [0.717, 1.165) is 5.56 Å². The van der Waals surface area contributed by atoms with E-state index in [2.05, 4.69) is 10.3 Å². The summed E-state index contributed by atoms with van der Waals surface area (Å²) in [5.41, 5.74) is 1.29. The molecule has 0 aliphatic rings. The van der Waals surface area contributed by atoms with Crippen molar-refractivity contribution in [3.05, 3.63) is 58.5 Å². The Hall–Kier alpha value is -1.94. The molecule has 0 aliphatic heterocycles. The number of nitrogens with zero attached hydrogens (tertiary/aromatic N) is 1. The quantitative estimate of drug-likeness (QED) is 0.845. The fraction of sp³-hybridized carbons (Fsp3) is 0.0769. The van der Waals surface area contributed by atoms with Gasteiger partial charge in [0.2, 0.25) is 5.95 Å². The normalized spacial score (nSPS) is 10.2. The molecule has 3 nitrogen and oxygen atoms in total. The number of halogens is 2. The van der Waals surface area contributed by atoms with Crippen molar-refractivity contribution >= 4 is 23.3 Å². The highest BCUT2D eigenvalue weighted by Crippen LogP contribution is 2.18. The molecular weight excluding hydrogens is 255 g/mol. The van der Waals surface area contributed by atoms with Gasteiger partial charge in [-0.05, 0) is 36.8 Å². The van der Waals surface area contributed by atoms with Crippen molar-refractivity contribution in [3.63, 3.8) is 0 Å². The molecule has 0 saturated heterocycles. The lowest BCUT2D eigenvalue weighted by Gasteiger charge is -2.06. The summed E-state index contributed by atoms with van der Waals surface area (Å²) in [6.45, 7) is 1.88. The van der Waals surface area contributed by atoms with Gasteiger partial charge in [-0.15, -0.1) is 0 Å². The van der Waals surface area contributed by atoms with E-state index in [1.165, 1.54) is 18.2 Å². The van der Waals surface area contributed by atoms with Gasteiger partial charge in [-0.25, -0.2) is 4.98 Å². The third-order valence-corrected chi connectivity index (χ3v) is 2.64. The molecule has 1 amide bonds. The van der Waals surface area contributed by atoms with E-state index in [1.807, 2.05) is 6.92 Å². The summed E-state index contributed by atoms with van der Waals surface area (Å²) >= 11 is 5.97. The van der Waals surface area contributed by atoms with Gasteiger partial charge >= 0.3 is 0 Å². The van der Waals surface area contributed by atoms with Crippen LogP contribution in [-0.4, -0.2) is 10.9 Å². The Morgan fingerprint density at radius 1 is 1.33 bits per heavy atom. The van der Waals surface area contributed by atoms with Crippen molar-refractivity contribution < 1.29 is 9.18 Å². The first-order valence-electron chi connectivity index (χ1n) is 5.26. The van der Waals surface area contributed by atoms with Gasteiger partial charge in [-0.3, -0.25) is 4.79 Å². The van der Waals surface area contributed by atoms with E-state index in [-0.39, 0.29) is 5.82 Å². The Balaban J connectivity index is 2.22. The minimum Gasteiger partial charge on any atom is -0.306 e. The lowest BCUT2D eigenvalue weighted by atomic mass is 10.1. The average molecular weight is 265 g/mol. The van der Waals surface area contributed by atoms with Crippen LogP contribution in [0, 0.1) is 12.9 Å². The lowest BCUT2D eigenvalue weighted by molar-refractivity contribution is 0.102. The number of carbonyl (C=O) groups is 1. The van der Waals surface area contributed by atoms with Crippen LogP contribution in [0.15, 0.2) is 36.4 Å². The SMILES string of the molecule is Cc1ccc(C(=O)Nc2cccc(F)n2)c(Cl)c1. The highest BCUT2D eigenvalue weighted by Gasteiger charge is 2.11. The third kappa shape index (κ3) is 2.84. The van der Waals surface area contributed by atoms with Gasteiger partial charge in [0.05, 0.1) is 10.6 Å². The molecule has 0 unspecified atom stereocenters. The summed E-state index contributed by atoms with van der Waals surface area (Å²) < 4.78 is 12.9. The Morgan fingerprint density at radius 3 is 2.78 bits per heavy atom. The number of hydrogen-bond acceptors (Lipinski definition) is 2. The first-order valence-corrected chi connectivity index (χ1v) is 5.64. The number of amides is 1. The second-order valence-corrected chi connectivity index (χ2v) is 4.19. The number of aromatic nitrogens is 1. The van der Waals surface area contributed by atoms with Crippen molar-refractivity contribution in [1.29, 1.82) is 0 Å². The molecule has 0 fully saturated rings. The number of rotatable bonds is 2. The second-order valence-electron chi connectivity index (χ2n) is 3.78. The highest BCUT2D eigenvalue weighted by molar-refractivity contribution is 6.34. The number of benzene rings is 1. The highest BCUT2D eigenvalue weighted by atomic mass is 35.5. The van der Waals surface area contributed by atoms with Crippen molar-refractivity contribution in [2.45, 2.75) is 6.92 Å². The molecule has 92 valence electrons. The average Bonchev–Trinajstić information content (AvgIpc) is 2.28. The zero-order valence-corrected chi connectivity index (χ0v) is 10.3. The molecule has 2 aromatic rings. The number of carbonyl (C=O) groups excluding carboxylic acids is 1. The summed E-state index contributed by atoms with van der Waals surface area (Å²) in [4.78, 5) is 15.4. The summed E-state index contributed by atoms with van der Waals surface area (Å²) in [7, 11) is 0. The minimum absolute atomic E-state index is 0.150. The number of nitrogens with one attached hydrogen (secondary N) is 1. The predicted octanol–water partition coefficient (Wildman–Crippen LogP) is 3.43. The van der Waals surface area contributed by atoms with Gasteiger partial charge in [0.25, 0.3) is 5.91 Å². The molecule has 0 atom stereocenters. The van der Waals surface area contributed by atoms with E-state index < -0.39 is 11.9 Å². The zero-order valence-electron chi connectivity index (χ0n) is 9.58. The topological polar surface area (TPSA) is 42.0 Å². The lowest BCUT2D eigenvalue weighted by Crippen LogP contribution is -2.13. The Morgan fingerprint density at radius 2 is 2.11 bits per heavy atom. The summed E-state index contributed by atoms with van der Waals surface area (Å²) in [6, 6.07) is 9.26. The Bertz CT molecular complexity index is 601. The van der Waals surface area contributed by atoms with Crippen molar-refractivity contribution in [2.24, 2.45) is 0 Å². The zero-order chi connectivity index (χ0) is 13.1. The van der Waals surface area contributed by atoms with E-state index in [1.54, 1.807) is 18.2 Å². The minimum atomic E-state index is -0.650. The Labute approximate surface area is 109 Å². The summed E-state index contributed by atoms with van der Waals surface area (Å²) in [5, 5.41) is 2.84. The largest absolute Gasteiger partial charge is 0.306 e. The van der Waals surface area contributed by atoms with Crippen LogP contribution < -0.4 is 5.32 Å². The molecule has 0 radical (unpaired) electrons. The number of pyridine rings is 1. The molecule has 1 heterocycles. The number of anilines is 1. The van der Waals surface area contributed by atoms with Crippen LogP contribution >= 0.6 is 11.6 Å². The molecule has 2 rings (SSSR count). The molecule has 1 aromatic carbocycles. The number of hydrogen-bond donors (Lipinski definition) is 1. The van der Waals surface area contributed by atoms with Crippen LogP contribution in [0.3, 0.4) is 0 Å². The number of aryl methyl sites for hydroxylation is 1. The van der Waals surface area contributed by atoms with Crippen LogP contribution in [0.4, 0.5) is 10.2 Å². The van der Waals surface area contributed by atoms with Crippen LogP contribution in [0.1, 0.15) is 15.9 Å². The summed E-state index contributed by atoms with van der Waals surface area (Å²) in [6.07, 6.45) is 0. The first kappa shape index (κ1) is 12.5. The van der Waals surface area contributed by atoms with E-state index >= 15 is 0 Å². The van der Waals surface area contributed by atoms with Crippen molar-refractivity contribution in [3.8, 4) is 0 Å². The Kier molecular flexibility index (Phi) is 3.58. The smallest absolute Gasteiger partial charge is 0.258 e. The van der Waals surface area contributed by atoms with Crippen molar-refractivity contribution in [1.82, 2.24) is 4.98 Å². The van der Waals surface area contributed by atoms with Gasteiger partial charge in [0.1, 0.15) is 5.82 Å².